The Morgan fingerprint density at radius 1 is 0.639 bits per heavy atom. The fourth-order valence-electron chi connectivity index (χ4n) is 4.52. The van der Waals surface area contributed by atoms with E-state index in [-0.39, 0.29) is 12.8 Å². The van der Waals surface area contributed by atoms with Crippen LogP contribution in [0.5, 0.6) is 0 Å². The van der Waals surface area contributed by atoms with E-state index >= 15 is 0 Å². The Kier molecular flexibility index (Phi) is 23.2. The summed E-state index contributed by atoms with van der Waals surface area (Å²) in [5.74, 6) is -1.000. The summed E-state index contributed by atoms with van der Waals surface area (Å²) < 4.78 is 0. The van der Waals surface area contributed by atoms with Crippen molar-refractivity contribution in [3.05, 3.63) is 0 Å². The minimum Gasteiger partial charge on any atom is -0.394 e. The highest BCUT2D eigenvalue weighted by molar-refractivity contribution is 5.98. The summed E-state index contributed by atoms with van der Waals surface area (Å²) in [6.45, 7) is 3.62. The highest BCUT2D eigenvalue weighted by atomic mass is 16.4. The summed E-state index contributed by atoms with van der Waals surface area (Å²) in [5, 5.41) is 29.3. The molecule has 3 atom stereocenters. The number of rotatable bonds is 25. The molecule has 0 aliphatic carbocycles. The molecule has 0 saturated carbocycles. The molecular weight excluding hydrogens is 458 g/mol. The van der Waals surface area contributed by atoms with Gasteiger partial charge in [-0.2, -0.15) is 0 Å². The molecule has 0 fully saturated rings. The average Bonchev–Trinajstić information content (AvgIpc) is 2.88. The van der Waals surface area contributed by atoms with Crippen molar-refractivity contribution in [2.45, 2.75) is 161 Å². The largest absolute Gasteiger partial charge is 0.394 e. The molecule has 7 heteroatoms. The molecule has 0 aliphatic heterocycles. The van der Waals surface area contributed by atoms with Crippen molar-refractivity contribution in [1.82, 2.24) is 4.90 Å². The number of nitrogens with zero attached hydrogens (tertiary/aromatic N) is 1. The number of carbonyl (C=O) groups is 3. The molecule has 0 aromatic heterocycles. The molecule has 7 nitrogen and oxygen atoms in total. The van der Waals surface area contributed by atoms with Crippen molar-refractivity contribution >= 4 is 18.1 Å². The predicted molar refractivity (Wildman–Crippen MR) is 144 cm³/mol. The van der Waals surface area contributed by atoms with Crippen LogP contribution < -0.4 is 0 Å². The number of aliphatic hydroxyl groups excluding tert-OH is 3. The topological polar surface area (TPSA) is 115 Å². The van der Waals surface area contributed by atoms with E-state index in [0.29, 0.717) is 19.1 Å². The second kappa shape index (κ2) is 24.1. The monoisotopic (exact) mass is 513 g/mol. The van der Waals surface area contributed by atoms with Crippen LogP contribution in [0.25, 0.3) is 0 Å². The van der Waals surface area contributed by atoms with Gasteiger partial charge in [-0.1, -0.05) is 117 Å². The van der Waals surface area contributed by atoms with Crippen LogP contribution >= 0.6 is 0 Å². The van der Waals surface area contributed by atoms with E-state index in [0.717, 1.165) is 43.4 Å². The molecule has 0 unspecified atom stereocenters. The predicted octanol–water partition coefficient (Wildman–Crippen LogP) is 5.47. The second-order valence-electron chi connectivity index (χ2n) is 10.2. The third-order valence-corrected chi connectivity index (χ3v) is 6.89. The SMILES string of the molecule is CCCCCCCCCCCC(=O)N(C(=O)CCCCCCCCCCC)[C@@H](C=O)[C@H](O)[C@H](O)CO. The van der Waals surface area contributed by atoms with Crippen molar-refractivity contribution in [1.29, 1.82) is 0 Å². The van der Waals surface area contributed by atoms with Crippen LogP contribution in [0, 0.1) is 0 Å². The first-order valence-corrected chi connectivity index (χ1v) is 14.7. The molecule has 0 radical (unpaired) electrons. The van der Waals surface area contributed by atoms with Crippen LogP contribution in [0.3, 0.4) is 0 Å². The summed E-state index contributed by atoms with van der Waals surface area (Å²) in [7, 11) is 0. The van der Waals surface area contributed by atoms with Crippen molar-refractivity contribution in [2.75, 3.05) is 6.61 Å². The summed E-state index contributed by atoms with van der Waals surface area (Å²) in [5.41, 5.74) is 0. The van der Waals surface area contributed by atoms with Crippen molar-refractivity contribution in [3.63, 3.8) is 0 Å². The molecule has 2 amide bonds. The van der Waals surface area contributed by atoms with Gasteiger partial charge in [0.25, 0.3) is 0 Å². The van der Waals surface area contributed by atoms with Gasteiger partial charge in [-0.15, -0.1) is 0 Å². The van der Waals surface area contributed by atoms with E-state index < -0.39 is 36.7 Å². The smallest absolute Gasteiger partial charge is 0.229 e. The molecule has 36 heavy (non-hydrogen) atoms. The zero-order valence-electron chi connectivity index (χ0n) is 23.2. The number of hydrogen-bond acceptors (Lipinski definition) is 6. The van der Waals surface area contributed by atoms with E-state index in [9.17, 15) is 29.7 Å². The van der Waals surface area contributed by atoms with Gasteiger partial charge in [0.15, 0.2) is 0 Å². The first kappa shape index (κ1) is 34.7. The Morgan fingerprint density at radius 2 is 0.972 bits per heavy atom. The van der Waals surface area contributed by atoms with Gasteiger partial charge in [0.05, 0.1) is 6.61 Å². The van der Waals surface area contributed by atoms with E-state index in [1.54, 1.807) is 0 Å². The number of imide groups is 1. The minimum absolute atomic E-state index is 0.117. The summed E-state index contributed by atoms with van der Waals surface area (Å²) >= 11 is 0. The van der Waals surface area contributed by atoms with Crippen LogP contribution in [0.1, 0.15) is 142 Å². The van der Waals surface area contributed by atoms with Crippen molar-refractivity contribution in [3.8, 4) is 0 Å². The van der Waals surface area contributed by atoms with Gasteiger partial charge in [0, 0.05) is 12.8 Å². The first-order valence-electron chi connectivity index (χ1n) is 14.7. The fraction of sp³-hybridized carbons (Fsp3) is 0.897. The molecule has 0 spiro atoms. The quantitative estimate of drug-likeness (QED) is 0.110. The fourth-order valence-corrected chi connectivity index (χ4v) is 4.52. The third kappa shape index (κ3) is 16.4. The molecule has 0 heterocycles. The Balaban J connectivity index is 4.68. The molecular formula is C29H55NO6. The maximum Gasteiger partial charge on any atom is 0.229 e. The standard InChI is InChI=1S/C29H55NO6/c1-3-5-7-9-11-13-15-17-19-21-27(34)30(25(23-31)29(36)26(33)24-32)28(35)22-20-18-16-14-12-10-8-6-4-2/h23,25-26,29,32-33,36H,3-22,24H2,1-2H3/t25-,26+,29-/m0/s1. The highest BCUT2D eigenvalue weighted by Gasteiger charge is 2.36. The van der Waals surface area contributed by atoms with E-state index in [4.69, 9.17) is 0 Å². The summed E-state index contributed by atoms with van der Waals surface area (Å²) in [6.07, 6.45) is 16.9. The Bertz CT molecular complexity index is 522. The maximum atomic E-state index is 13.0. The highest BCUT2D eigenvalue weighted by Crippen LogP contribution is 2.17. The number of hydrogen-bond donors (Lipinski definition) is 3. The molecule has 0 aromatic carbocycles. The molecule has 3 N–H and O–H groups in total. The molecule has 0 saturated heterocycles. The van der Waals surface area contributed by atoms with Gasteiger partial charge in [-0.05, 0) is 12.8 Å². The lowest BCUT2D eigenvalue weighted by molar-refractivity contribution is -0.156. The number of amides is 2. The normalized spacial score (nSPS) is 13.8. The van der Waals surface area contributed by atoms with Crippen molar-refractivity contribution in [2.24, 2.45) is 0 Å². The number of aliphatic hydroxyl groups is 3. The summed E-state index contributed by atoms with van der Waals surface area (Å²) in [4.78, 5) is 38.5. The zero-order valence-corrected chi connectivity index (χ0v) is 23.2. The van der Waals surface area contributed by atoms with E-state index in [1.807, 2.05) is 0 Å². The molecule has 0 bridgehead atoms. The number of unbranched alkanes of at least 4 members (excludes halogenated alkanes) is 16. The minimum atomic E-state index is -1.72. The van der Waals surface area contributed by atoms with E-state index in [1.165, 1.54) is 64.2 Å². The van der Waals surface area contributed by atoms with E-state index in [2.05, 4.69) is 13.8 Å². The van der Waals surface area contributed by atoms with Gasteiger partial charge in [0.2, 0.25) is 11.8 Å². The Morgan fingerprint density at radius 3 is 1.28 bits per heavy atom. The summed E-state index contributed by atoms with van der Waals surface area (Å²) in [6, 6.07) is -1.50. The lowest BCUT2D eigenvalue weighted by Gasteiger charge is -2.31. The third-order valence-electron chi connectivity index (χ3n) is 6.89. The van der Waals surface area contributed by atoms with Crippen LogP contribution in [-0.4, -0.2) is 63.2 Å². The lowest BCUT2D eigenvalue weighted by Crippen LogP contribution is -2.55. The van der Waals surface area contributed by atoms with Gasteiger partial charge in [0.1, 0.15) is 24.5 Å². The number of carbonyl (C=O) groups excluding carboxylic acids is 3. The van der Waals surface area contributed by atoms with Gasteiger partial charge < -0.3 is 20.1 Å². The Hall–Kier alpha value is -1.31. The van der Waals surface area contributed by atoms with Crippen LogP contribution in [0.2, 0.25) is 0 Å². The number of aldehydes is 1. The Labute approximate surface area is 220 Å². The zero-order chi connectivity index (χ0) is 27.0. The molecule has 0 aliphatic rings. The average molecular weight is 514 g/mol. The second-order valence-corrected chi connectivity index (χ2v) is 10.2. The van der Waals surface area contributed by atoms with Crippen LogP contribution in [0.15, 0.2) is 0 Å². The van der Waals surface area contributed by atoms with Gasteiger partial charge in [-0.25, -0.2) is 0 Å². The van der Waals surface area contributed by atoms with Crippen LogP contribution in [-0.2, 0) is 14.4 Å². The van der Waals surface area contributed by atoms with Crippen LogP contribution in [0.4, 0.5) is 0 Å². The maximum absolute atomic E-state index is 13.0. The van der Waals surface area contributed by atoms with Gasteiger partial charge in [-0.3, -0.25) is 14.5 Å². The van der Waals surface area contributed by atoms with Crippen molar-refractivity contribution < 1.29 is 29.7 Å². The molecule has 212 valence electrons. The molecule has 0 aromatic rings. The first-order chi connectivity index (χ1) is 17.4. The molecule has 0 rings (SSSR count). The lowest BCUT2D eigenvalue weighted by atomic mass is 10.0. The van der Waals surface area contributed by atoms with Gasteiger partial charge >= 0.3 is 0 Å².